The molecule has 0 fully saturated rings. The zero-order chi connectivity index (χ0) is 18.1. The molecule has 0 aliphatic heterocycles. The van der Waals surface area contributed by atoms with Crippen molar-refractivity contribution in [3.8, 4) is 0 Å². The summed E-state index contributed by atoms with van der Waals surface area (Å²) < 4.78 is 1.61. The van der Waals surface area contributed by atoms with Crippen LogP contribution < -0.4 is 10.9 Å². The lowest BCUT2D eigenvalue weighted by Crippen LogP contribution is -2.27. The predicted molar refractivity (Wildman–Crippen MR) is 104 cm³/mol. The molecule has 0 atom stereocenters. The van der Waals surface area contributed by atoms with Crippen molar-refractivity contribution in [2.75, 3.05) is 6.54 Å². The molecular formula is C20H17N3O2S. The van der Waals surface area contributed by atoms with Gasteiger partial charge in [0.05, 0.1) is 0 Å². The number of nitrogens with zero attached hydrogens (tertiary/aromatic N) is 2. The lowest BCUT2D eigenvalue weighted by molar-refractivity contribution is 0.0955. The van der Waals surface area contributed by atoms with Crippen LogP contribution in [0.25, 0.3) is 15.7 Å². The number of rotatable bonds is 4. The molecule has 4 aromatic rings. The first-order valence-corrected chi connectivity index (χ1v) is 9.24. The van der Waals surface area contributed by atoms with Gasteiger partial charge in [-0.2, -0.15) is 0 Å². The molecule has 5 nitrogen and oxygen atoms in total. The van der Waals surface area contributed by atoms with Gasteiger partial charge in [-0.1, -0.05) is 36.4 Å². The maximum absolute atomic E-state index is 12.6. The van der Waals surface area contributed by atoms with Crippen molar-refractivity contribution in [1.29, 1.82) is 0 Å². The Morgan fingerprint density at radius 3 is 2.88 bits per heavy atom. The van der Waals surface area contributed by atoms with Crippen LogP contribution in [0.5, 0.6) is 0 Å². The fraction of sp³-hybridized carbons (Fsp3) is 0.150. The molecule has 0 aliphatic carbocycles. The molecular weight excluding hydrogens is 346 g/mol. The summed E-state index contributed by atoms with van der Waals surface area (Å²) in [5, 5.41) is 6.85. The van der Waals surface area contributed by atoms with Crippen molar-refractivity contribution in [1.82, 2.24) is 14.7 Å². The number of hydrogen-bond acceptors (Lipinski definition) is 4. The van der Waals surface area contributed by atoms with E-state index in [9.17, 15) is 9.59 Å². The number of benzene rings is 2. The van der Waals surface area contributed by atoms with E-state index in [0.717, 1.165) is 16.5 Å². The lowest BCUT2D eigenvalue weighted by Gasteiger charge is -2.08. The normalized spacial score (nSPS) is 11.1. The first kappa shape index (κ1) is 16.5. The Balaban J connectivity index is 1.51. The van der Waals surface area contributed by atoms with Gasteiger partial charge >= 0.3 is 0 Å². The molecule has 130 valence electrons. The molecule has 0 saturated heterocycles. The van der Waals surface area contributed by atoms with E-state index in [2.05, 4.69) is 10.3 Å². The number of hydrogen-bond donors (Lipinski definition) is 1. The Morgan fingerprint density at radius 2 is 2.00 bits per heavy atom. The highest BCUT2D eigenvalue weighted by atomic mass is 32.1. The van der Waals surface area contributed by atoms with Crippen LogP contribution in [0.15, 0.2) is 58.7 Å². The van der Waals surface area contributed by atoms with Gasteiger partial charge in [0, 0.05) is 41.4 Å². The Bertz CT molecular complexity index is 1170. The van der Waals surface area contributed by atoms with Crippen molar-refractivity contribution in [2.45, 2.75) is 13.3 Å². The number of carbonyl (C=O) groups is 1. The second-order valence-electron chi connectivity index (χ2n) is 6.11. The van der Waals surface area contributed by atoms with Gasteiger partial charge in [0.25, 0.3) is 11.5 Å². The third-order valence-electron chi connectivity index (χ3n) is 4.30. The van der Waals surface area contributed by atoms with Crippen molar-refractivity contribution in [3.63, 3.8) is 0 Å². The van der Waals surface area contributed by atoms with Crippen LogP contribution >= 0.6 is 11.3 Å². The number of thiazole rings is 1. The minimum atomic E-state index is -0.109. The molecule has 1 amide bonds. The van der Waals surface area contributed by atoms with E-state index >= 15 is 0 Å². The largest absolute Gasteiger partial charge is 0.352 e. The average molecular weight is 363 g/mol. The van der Waals surface area contributed by atoms with E-state index in [1.165, 1.54) is 17.4 Å². The molecule has 0 aliphatic rings. The number of aryl methyl sites for hydroxylation is 1. The summed E-state index contributed by atoms with van der Waals surface area (Å²) in [5.41, 5.74) is 2.16. The molecule has 1 N–H and O–H groups in total. The topological polar surface area (TPSA) is 63.5 Å². The van der Waals surface area contributed by atoms with Crippen molar-refractivity contribution >= 4 is 33.0 Å². The summed E-state index contributed by atoms with van der Waals surface area (Å²) in [7, 11) is 0. The zero-order valence-electron chi connectivity index (χ0n) is 14.2. The van der Waals surface area contributed by atoms with Crippen LogP contribution in [0.3, 0.4) is 0 Å². The highest BCUT2D eigenvalue weighted by molar-refractivity contribution is 7.15. The van der Waals surface area contributed by atoms with Gasteiger partial charge in [-0.15, -0.1) is 11.3 Å². The molecule has 0 spiro atoms. The molecule has 6 heteroatoms. The molecule has 26 heavy (non-hydrogen) atoms. The molecule has 2 aromatic carbocycles. The quantitative estimate of drug-likeness (QED) is 0.606. The van der Waals surface area contributed by atoms with Crippen LogP contribution in [-0.4, -0.2) is 21.8 Å². The minimum Gasteiger partial charge on any atom is -0.352 e. The van der Waals surface area contributed by atoms with Crippen LogP contribution in [0.4, 0.5) is 0 Å². The summed E-state index contributed by atoms with van der Waals surface area (Å²) in [6.07, 6.45) is 0.571. The summed E-state index contributed by atoms with van der Waals surface area (Å²) in [4.78, 5) is 29.8. The molecule has 0 bridgehead atoms. The zero-order valence-corrected chi connectivity index (χ0v) is 15.0. The van der Waals surface area contributed by atoms with Crippen LogP contribution in [0, 0.1) is 6.92 Å². The Kier molecular flexibility index (Phi) is 4.26. The average Bonchev–Trinajstić information content (AvgIpc) is 3.04. The first-order chi connectivity index (χ1) is 12.6. The fourth-order valence-corrected chi connectivity index (χ4v) is 4.06. The highest BCUT2D eigenvalue weighted by Crippen LogP contribution is 2.18. The Hall–Kier alpha value is -2.99. The van der Waals surface area contributed by atoms with E-state index in [1.54, 1.807) is 4.40 Å². The fourth-order valence-electron chi connectivity index (χ4n) is 3.08. The van der Waals surface area contributed by atoms with Crippen molar-refractivity contribution in [2.24, 2.45) is 0 Å². The lowest BCUT2D eigenvalue weighted by atomic mass is 10.0. The van der Waals surface area contributed by atoms with Gasteiger partial charge in [-0.05, 0) is 23.8 Å². The maximum Gasteiger partial charge on any atom is 0.258 e. The standard InChI is InChI=1S/C20H17N3O2S/c1-13-11-18(24)23-15(12-26-20(23)22-13)9-10-21-19(25)17-8-4-6-14-5-2-3-7-16(14)17/h2-8,11-12H,9-10H2,1H3,(H,21,25). The molecule has 4 rings (SSSR count). The second kappa shape index (κ2) is 6.72. The predicted octanol–water partition coefficient (Wildman–Crippen LogP) is 3.19. The third kappa shape index (κ3) is 2.99. The van der Waals surface area contributed by atoms with Gasteiger partial charge in [0.15, 0.2) is 4.96 Å². The van der Waals surface area contributed by atoms with Crippen LogP contribution in [-0.2, 0) is 6.42 Å². The van der Waals surface area contributed by atoms with E-state index in [4.69, 9.17) is 0 Å². The van der Waals surface area contributed by atoms with Gasteiger partial charge in [0.2, 0.25) is 0 Å². The monoisotopic (exact) mass is 363 g/mol. The molecule has 0 radical (unpaired) electrons. The molecule has 0 unspecified atom stereocenters. The van der Waals surface area contributed by atoms with Gasteiger partial charge < -0.3 is 5.32 Å². The molecule has 0 saturated carbocycles. The summed E-state index contributed by atoms with van der Waals surface area (Å²) in [5.74, 6) is -0.109. The Labute approximate surface area is 153 Å². The third-order valence-corrected chi connectivity index (χ3v) is 5.18. The van der Waals surface area contributed by atoms with Crippen LogP contribution in [0.2, 0.25) is 0 Å². The van der Waals surface area contributed by atoms with Gasteiger partial charge in [-0.25, -0.2) is 4.98 Å². The summed E-state index contributed by atoms with van der Waals surface area (Å²) in [6, 6.07) is 15.1. The Morgan fingerprint density at radius 1 is 1.19 bits per heavy atom. The number of amides is 1. The summed E-state index contributed by atoms with van der Waals surface area (Å²) >= 11 is 1.44. The number of nitrogens with one attached hydrogen (secondary N) is 1. The van der Waals surface area contributed by atoms with E-state index < -0.39 is 0 Å². The smallest absolute Gasteiger partial charge is 0.258 e. The van der Waals surface area contributed by atoms with Crippen molar-refractivity contribution < 1.29 is 4.79 Å². The molecule has 2 aromatic heterocycles. The second-order valence-corrected chi connectivity index (χ2v) is 6.95. The van der Waals surface area contributed by atoms with Crippen molar-refractivity contribution in [3.05, 3.63) is 81.2 Å². The molecule has 2 heterocycles. The maximum atomic E-state index is 12.6. The van der Waals surface area contributed by atoms with Crippen LogP contribution in [0.1, 0.15) is 21.7 Å². The number of aromatic nitrogens is 2. The van der Waals surface area contributed by atoms with E-state index in [1.807, 2.05) is 54.8 Å². The number of fused-ring (bicyclic) bond motifs is 2. The van der Waals surface area contributed by atoms with Gasteiger partial charge in [0.1, 0.15) is 0 Å². The summed E-state index contributed by atoms with van der Waals surface area (Å²) in [6.45, 7) is 2.26. The number of carbonyl (C=O) groups excluding carboxylic acids is 1. The van der Waals surface area contributed by atoms with Gasteiger partial charge in [-0.3, -0.25) is 14.0 Å². The first-order valence-electron chi connectivity index (χ1n) is 8.36. The minimum absolute atomic E-state index is 0.0795. The van der Waals surface area contributed by atoms with E-state index in [-0.39, 0.29) is 11.5 Å². The van der Waals surface area contributed by atoms with E-state index in [0.29, 0.717) is 29.2 Å². The SMILES string of the molecule is Cc1cc(=O)n2c(CCNC(=O)c3cccc4ccccc34)csc2n1. The highest BCUT2D eigenvalue weighted by Gasteiger charge is 2.11.